The summed E-state index contributed by atoms with van der Waals surface area (Å²) in [4.78, 5) is 11.6. The van der Waals surface area contributed by atoms with E-state index >= 15 is 0 Å². The van der Waals surface area contributed by atoms with Crippen LogP contribution in [0.3, 0.4) is 0 Å². The molecule has 0 atom stereocenters. The average Bonchev–Trinajstić information content (AvgIpc) is 2.68. The fraction of sp³-hybridized carbons (Fsp3) is 0. The predicted octanol–water partition coefficient (Wildman–Crippen LogP) is 3.33. The van der Waals surface area contributed by atoms with Gasteiger partial charge in [-0.3, -0.25) is 4.79 Å². The zero-order chi connectivity index (χ0) is 10.8. The van der Waals surface area contributed by atoms with Gasteiger partial charge in [0.25, 0.3) is 5.24 Å². The van der Waals surface area contributed by atoms with Crippen LogP contribution in [0.2, 0.25) is 0 Å². The Kier molecular flexibility index (Phi) is 2.79. The average molecular weight is 242 g/mol. The molecule has 2 rings (SSSR count). The number of halogens is 2. The van der Waals surface area contributed by atoms with Crippen molar-refractivity contribution in [2.45, 2.75) is 0 Å². The topological polar surface area (TPSA) is 30.0 Å². The number of nitrogens with zero attached hydrogens (tertiary/aromatic N) is 1. The number of hydrogen-bond donors (Lipinski definition) is 0. The first-order valence-electron chi connectivity index (χ1n) is 4.09. The molecule has 0 amide bonds. The molecule has 1 aromatic heterocycles. The third-order valence-corrected chi connectivity index (χ3v) is 2.87. The van der Waals surface area contributed by atoms with E-state index in [1.807, 2.05) is 0 Å². The summed E-state index contributed by atoms with van der Waals surface area (Å²) in [5, 5.41) is -0.584. The van der Waals surface area contributed by atoms with Gasteiger partial charge in [-0.25, -0.2) is 4.39 Å². The molecule has 0 unspecified atom stereocenters. The Hall–Kier alpha value is -1.26. The standard InChI is InChI=1S/C10H5ClFNOS/c11-10(14)8-5-9(15-13-8)6-1-3-7(12)4-2-6/h1-5H. The summed E-state index contributed by atoms with van der Waals surface area (Å²) in [6.07, 6.45) is 0. The molecular weight excluding hydrogens is 237 g/mol. The molecule has 0 aliphatic heterocycles. The van der Waals surface area contributed by atoms with Gasteiger partial charge in [0, 0.05) is 0 Å². The maximum atomic E-state index is 12.6. The number of aromatic nitrogens is 1. The van der Waals surface area contributed by atoms with Crippen LogP contribution < -0.4 is 0 Å². The summed E-state index contributed by atoms with van der Waals surface area (Å²) in [6.45, 7) is 0. The first kappa shape index (κ1) is 10.3. The lowest BCUT2D eigenvalue weighted by atomic mass is 10.2. The number of carbonyl (C=O) groups excluding carboxylic acids is 1. The van der Waals surface area contributed by atoms with E-state index in [2.05, 4.69) is 4.37 Å². The van der Waals surface area contributed by atoms with E-state index < -0.39 is 5.24 Å². The molecule has 76 valence electrons. The first-order valence-corrected chi connectivity index (χ1v) is 5.24. The Morgan fingerprint density at radius 2 is 2.00 bits per heavy atom. The highest BCUT2D eigenvalue weighted by atomic mass is 35.5. The highest BCUT2D eigenvalue weighted by molar-refractivity contribution is 7.09. The maximum absolute atomic E-state index is 12.6. The van der Waals surface area contributed by atoms with Gasteiger partial charge < -0.3 is 0 Å². The Labute approximate surface area is 94.5 Å². The van der Waals surface area contributed by atoms with Crippen molar-refractivity contribution in [3.63, 3.8) is 0 Å². The van der Waals surface area contributed by atoms with Crippen LogP contribution in [0.25, 0.3) is 10.4 Å². The lowest BCUT2D eigenvalue weighted by Crippen LogP contribution is -1.85. The minimum absolute atomic E-state index is 0.223. The summed E-state index contributed by atoms with van der Waals surface area (Å²) >= 11 is 6.43. The van der Waals surface area contributed by atoms with Crippen molar-refractivity contribution >= 4 is 28.4 Å². The molecule has 1 heterocycles. The molecule has 0 saturated heterocycles. The van der Waals surface area contributed by atoms with Gasteiger partial charge in [-0.2, -0.15) is 4.37 Å². The van der Waals surface area contributed by atoms with Crippen LogP contribution in [0.15, 0.2) is 30.3 Å². The summed E-state index contributed by atoms with van der Waals surface area (Å²) in [7, 11) is 0. The fourth-order valence-electron chi connectivity index (χ4n) is 1.12. The van der Waals surface area contributed by atoms with E-state index in [0.29, 0.717) is 0 Å². The van der Waals surface area contributed by atoms with Crippen LogP contribution >= 0.6 is 23.1 Å². The van der Waals surface area contributed by atoms with Gasteiger partial charge in [0.15, 0.2) is 0 Å². The molecule has 0 bridgehead atoms. The molecule has 2 nitrogen and oxygen atoms in total. The number of carbonyl (C=O) groups is 1. The van der Waals surface area contributed by atoms with E-state index in [0.717, 1.165) is 22.0 Å². The van der Waals surface area contributed by atoms with Crippen molar-refractivity contribution < 1.29 is 9.18 Å². The minimum atomic E-state index is -0.584. The summed E-state index contributed by atoms with van der Waals surface area (Å²) < 4.78 is 16.5. The molecule has 0 fully saturated rings. The second-order valence-corrected chi connectivity index (χ2v) is 4.01. The molecule has 0 N–H and O–H groups in total. The Morgan fingerprint density at radius 1 is 1.33 bits per heavy atom. The molecule has 0 radical (unpaired) electrons. The highest BCUT2D eigenvalue weighted by Crippen LogP contribution is 2.25. The summed E-state index contributed by atoms with van der Waals surface area (Å²) in [6, 6.07) is 7.57. The summed E-state index contributed by atoms with van der Waals surface area (Å²) in [5.74, 6) is -0.295. The van der Waals surface area contributed by atoms with Gasteiger partial charge in [0.1, 0.15) is 11.5 Å². The van der Waals surface area contributed by atoms with Crippen molar-refractivity contribution in [3.8, 4) is 10.4 Å². The monoisotopic (exact) mass is 241 g/mol. The lowest BCUT2D eigenvalue weighted by molar-refractivity contribution is 0.107. The normalized spacial score (nSPS) is 10.3. The summed E-state index contributed by atoms with van der Waals surface area (Å²) in [5.41, 5.74) is 1.04. The van der Waals surface area contributed by atoms with E-state index in [9.17, 15) is 9.18 Å². The molecule has 5 heteroatoms. The quantitative estimate of drug-likeness (QED) is 0.755. The number of rotatable bonds is 2. The van der Waals surface area contributed by atoms with Crippen LogP contribution in [0, 0.1) is 5.82 Å². The van der Waals surface area contributed by atoms with Crippen molar-refractivity contribution in [1.29, 1.82) is 0 Å². The van der Waals surface area contributed by atoms with Crippen molar-refractivity contribution in [2.75, 3.05) is 0 Å². The largest absolute Gasteiger partial charge is 0.274 e. The molecule has 0 aliphatic carbocycles. The van der Waals surface area contributed by atoms with Crippen LogP contribution in [0.5, 0.6) is 0 Å². The van der Waals surface area contributed by atoms with Crippen molar-refractivity contribution in [2.24, 2.45) is 0 Å². The molecular formula is C10H5ClFNOS. The van der Waals surface area contributed by atoms with E-state index in [4.69, 9.17) is 11.6 Å². The van der Waals surface area contributed by atoms with Gasteiger partial charge in [-0.15, -0.1) is 0 Å². The first-order chi connectivity index (χ1) is 7.16. The highest BCUT2D eigenvalue weighted by Gasteiger charge is 2.09. The predicted molar refractivity (Wildman–Crippen MR) is 57.7 cm³/mol. The number of benzene rings is 1. The third-order valence-electron chi connectivity index (χ3n) is 1.84. The lowest BCUT2D eigenvalue weighted by Gasteiger charge is -1.94. The van der Waals surface area contributed by atoms with E-state index in [-0.39, 0.29) is 11.5 Å². The number of hydrogen-bond acceptors (Lipinski definition) is 3. The zero-order valence-corrected chi connectivity index (χ0v) is 8.98. The van der Waals surface area contributed by atoms with Crippen LogP contribution in [0.1, 0.15) is 10.5 Å². The maximum Gasteiger partial charge on any atom is 0.271 e. The van der Waals surface area contributed by atoms with Crippen LogP contribution in [-0.4, -0.2) is 9.62 Å². The molecule has 15 heavy (non-hydrogen) atoms. The van der Waals surface area contributed by atoms with E-state index in [1.54, 1.807) is 18.2 Å². The van der Waals surface area contributed by atoms with Crippen LogP contribution in [-0.2, 0) is 0 Å². The van der Waals surface area contributed by atoms with Crippen molar-refractivity contribution in [1.82, 2.24) is 4.37 Å². The second-order valence-electron chi connectivity index (χ2n) is 2.86. The van der Waals surface area contributed by atoms with Gasteiger partial charge >= 0.3 is 0 Å². The van der Waals surface area contributed by atoms with Gasteiger partial charge in [0.05, 0.1) is 4.88 Å². The molecule has 1 aromatic carbocycles. The minimum Gasteiger partial charge on any atom is -0.274 e. The third kappa shape index (κ3) is 2.22. The van der Waals surface area contributed by atoms with Gasteiger partial charge in [-0.1, -0.05) is 12.1 Å². The van der Waals surface area contributed by atoms with Crippen LogP contribution in [0.4, 0.5) is 4.39 Å². The molecule has 0 spiro atoms. The molecule has 0 aliphatic rings. The smallest absolute Gasteiger partial charge is 0.271 e. The fourth-order valence-corrected chi connectivity index (χ4v) is 2.00. The SMILES string of the molecule is O=C(Cl)c1cc(-c2ccc(F)cc2)sn1. The second kappa shape index (κ2) is 4.08. The molecule has 2 aromatic rings. The Morgan fingerprint density at radius 3 is 2.53 bits per heavy atom. The zero-order valence-electron chi connectivity index (χ0n) is 7.41. The Balaban J connectivity index is 2.37. The van der Waals surface area contributed by atoms with Crippen molar-refractivity contribution in [3.05, 3.63) is 41.8 Å². The Bertz CT molecular complexity index is 494. The van der Waals surface area contributed by atoms with E-state index in [1.165, 1.54) is 12.1 Å². The molecule has 0 saturated carbocycles. The van der Waals surface area contributed by atoms with Gasteiger partial charge in [-0.05, 0) is 46.9 Å². The van der Waals surface area contributed by atoms with Gasteiger partial charge in [0.2, 0.25) is 0 Å².